The summed E-state index contributed by atoms with van der Waals surface area (Å²) in [6, 6.07) is 0. The van der Waals surface area contributed by atoms with Crippen molar-refractivity contribution in [2.75, 3.05) is 0 Å². The van der Waals surface area contributed by atoms with Crippen LogP contribution in [0, 0.1) is 29.6 Å². The summed E-state index contributed by atoms with van der Waals surface area (Å²) in [5, 5.41) is 12.6. The Morgan fingerprint density at radius 3 is 2.82 bits per heavy atom. The first-order valence-electron chi connectivity index (χ1n) is 10.6. The van der Waals surface area contributed by atoms with Crippen LogP contribution in [-0.2, 0) is 14.3 Å². The van der Waals surface area contributed by atoms with E-state index in [-0.39, 0.29) is 23.8 Å². The molecule has 28 heavy (non-hydrogen) atoms. The van der Waals surface area contributed by atoms with Crippen LogP contribution in [0.5, 0.6) is 0 Å². The van der Waals surface area contributed by atoms with Crippen LogP contribution < -0.4 is 5.32 Å². The topological polar surface area (TPSA) is 75.6 Å². The van der Waals surface area contributed by atoms with Gasteiger partial charge in [-0.2, -0.15) is 0 Å². The number of ether oxygens (including phenoxy) is 1. The van der Waals surface area contributed by atoms with E-state index in [1.54, 1.807) is 0 Å². The van der Waals surface area contributed by atoms with Gasteiger partial charge in [0.2, 0.25) is 11.8 Å². The molecule has 0 spiro atoms. The van der Waals surface area contributed by atoms with Gasteiger partial charge in [0.05, 0.1) is 18.3 Å². The van der Waals surface area contributed by atoms with Crippen LogP contribution in [0.4, 0.5) is 0 Å². The number of aliphatic hydroxyl groups is 1. The number of hydrogen-bond donors (Lipinski definition) is 2. The molecule has 2 amide bonds. The van der Waals surface area contributed by atoms with Crippen LogP contribution in [0.1, 0.15) is 72.1 Å². The molecular weight excluding hydrogens is 354 g/mol. The summed E-state index contributed by atoms with van der Waals surface area (Å²) in [4.78, 5) is 22.3. The van der Waals surface area contributed by atoms with E-state index in [2.05, 4.69) is 23.2 Å². The van der Waals surface area contributed by atoms with Crippen LogP contribution in [0.25, 0.3) is 0 Å². The second-order valence-corrected chi connectivity index (χ2v) is 8.27. The average molecular weight is 390 g/mol. The molecule has 1 saturated heterocycles. The molecule has 0 bridgehead atoms. The molecule has 156 valence electrons. The Kier molecular flexibility index (Phi) is 9.21. The first-order valence-corrected chi connectivity index (χ1v) is 10.6. The number of fused-ring (bicyclic) bond motifs is 1. The van der Waals surface area contributed by atoms with E-state index in [1.165, 1.54) is 6.92 Å². The van der Waals surface area contributed by atoms with E-state index in [0.29, 0.717) is 30.8 Å². The summed E-state index contributed by atoms with van der Waals surface area (Å²) in [5.41, 5.74) is 0. The molecule has 5 heteroatoms. The quantitative estimate of drug-likeness (QED) is 0.360. The van der Waals surface area contributed by atoms with Gasteiger partial charge in [-0.3, -0.25) is 14.9 Å². The molecule has 2 N–H and O–H groups in total. The zero-order chi connectivity index (χ0) is 20.5. The lowest BCUT2D eigenvalue weighted by Crippen LogP contribution is -2.27. The lowest BCUT2D eigenvalue weighted by molar-refractivity contribution is -0.129. The Balaban J connectivity index is 1.71. The fourth-order valence-corrected chi connectivity index (χ4v) is 4.33. The van der Waals surface area contributed by atoms with Gasteiger partial charge in [-0.25, -0.2) is 0 Å². The predicted molar refractivity (Wildman–Crippen MR) is 109 cm³/mol. The van der Waals surface area contributed by atoms with Gasteiger partial charge < -0.3 is 9.84 Å². The van der Waals surface area contributed by atoms with E-state index < -0.39 is 6.10 Å². The minimum atomic E-state index is -0.445. The van der Waals surface area contributed by atoms with Gasteiger partial charge in [0, 0.05) is 19.8 Å². The zero-order valence-corrected chi connectivity index (χ0v) is 17.4. The maximum absolute atomic E-state index is 11.5. The molecular formula is C23H35NO4. The first kappa shape index (κ1) is 22.6. The van der Waals surface area contributed by atoms with Gasteiger partial charge in [-0.1, -0.05) is 25.5 Å². The average Bonchev–Trinajstić information content (AvgIpc) is 3.21. The second-order valence-electron chi connectivity index (χ2n) is 8.27. The van der Waals surface area contributed by atoms with Crippen molar-refractivity contribution < 1.29 is 19.4 Å². The second kappa shape index (κ2) is 11.4. The van der Waals surface area contributed by atoms with Crippen LogP contribution in [0.3, 0.4) is 0 Å². The zero-order valence-electron chi connectivity index (χ0n) is 17.4. The molecule has 2 fully saturated rings. The van der Waals surface area contributed by atoms with Gasteiger partial charge in [-0.15, -0.1) is 11.8 Å². The fraction of sp³-hybridized carbons (Fsp3) is 0.739. The molecule has 2 aliphatic rings. The van der Waals surface area contributed by atoms with Gasteiger partial charge in [0.1, 0.15) is 0 Å². The van der Waals surface area contributed by atoms with Crippen molar-refractivity contribution in [3.63, 3.8) is 0 Å². The Morgan fingerprint density at radius 2 is 2.11 bits per heavy atom. The third-order valence-electron chi connectivity index (χ3n) is 5.95. The van der Waals surface area contributed by atoms with Crippen molar-refractivity contribution in [3.05, 3.63) is 12.2 Å². The summed E-state index contributed by atoms with van der Waals surface area (Å²) in [6.45, 7) is 5.21. The first-order chi connectivity index (χ1) is 13.4. The van der Waals surface area contributed by atoms with Crippen molar-refractivity contribution in [2.24, 2.45) is 17.8 Å². The Hall–Kier alpha value is -1.64. The van der Waals surface area contributed by atoms with Crippen molar-refractivity contribution in [2.45, 2.75) is 90.4 Å². The number of amides is 2. The minimum Gasteiger partial charge on any atom is -0.389 e. The smallest absolute Gasteiger partial charge is 0.226 e. The molecule has 1 aliphatic heterocycles. The number of imide groups is 1. The summed E-state index contributed by atoms with van der Waals surface area (Å²) in [6.07, 6.45) is 11.4. The van der Waals surface area contributed by atoms with E-state index in [4.69, 9.17) is 4.74 Å². The normalized spacial score (nSPS) is 28.4. The van der Waals surface area contributed by atoms with E-state index in [0.717, 1.165) is 38.5 Å². The van der Waals surface area contributed by atoms with Crippen molar-refractivity contribution in [1.82, 2.24) is 5.32 Å². The lowest BCUT2D eigenvalue weighted by Gasteiger charge is -2.16. The molecule has 2 rings (SSSR count). The molecule has 6 atom stereocenters. The predicted octanol–water partition coefficient (Wildman–Crippen LogP) is 3.36. The minimum absolute atomic E-state index is 0.147. The molecule has 0 aromatic heterocycles. The number of hydrogen-bond acceptors (Lipinski definition) is 4. The highest BCUT2D eigenvalue weighted by atomic mass is 16.5. The Labute approximate surface area is 169 Å². The molecule has 0 aromatic rings. The van der Waals surface area contributed by atoms with Gasteiger partial charge in [-0.05, 0) is 56.8 Å². The third-order valence-corrected chi connectivity index (χ3v) is 5.95. The number of nitrogens with one attached hydrogen (secondary N) is 1. The van der Waals surface area contributed by atoms with Crippen LogP contribution >= 0.6 is 0 Å². The number of carbonyl (C=O) groups is 2. The maximum atomic E-state index is 11.5. The van der Waals surface area contributed by atoms with Gasteiger partial charge >= 0.3 is 0 Å². The molecule has 5 nitrogen and oxygen atoms in total. The molecule has 1 saturated carbocycles. The SMILES string of the molecule is CC#CC[C@H](C)[C@H](O)/C=C/C1CCC2OC(CCCCC(=O)NC(C)=O)CC12. The monoisotopic (exact) mass is 389 g/mol. The van der Waals surface area contributed by atoms with Crippen LogP contribution in [-0.4, -0.2) is 35.2 Å². The van der Waals surface area contributed by atoms with E-state index in [9.17, 15) is 14.7 Å². The summed E-state index contributed by atoms with van der Waals surface area (Å²) < 4.78 is 6.23. The highest BCUT2D eigenvalue weighted by molar-refractivity contribution is 5.93. The largest absolute Gasteiger partial charge is 0.389 e. The summed E-state index contributed by atoms with van der Waals surface area (Å²) in [5.74, 6) is 6.60. The fourth-order valence-electron chi connectivity index (χ4n) is 4.33. The van der Waals surface area contributed by atoms with Gasteiger partial charge in [0.15, 0.2) is 0 Å². The number of aliphatic hydroxyl groups excluding tert-OH is 1. The Bertz CT molecular complexity index is 618. The van der Waals surface area contributed by atoms with Crippen LogP contribution in [0.15, 0.2) is 12.2 Å². The molecule has 0 aromatic carbocycles. The highest BCUT2D eigenvalue weighted by Gasteiger charge is 2.43. The summed E-state index contributed by atoms with van der Waals surface area (Å²) >= 11 is 0. The third kappa shape index (κ3) is 7.07. The lowest BCUT2D eigenvalue weighted by atomic mass is 9.89. The Morgan fingerprint density at radius 1 is 1.32 bits per heavy atom. The summed E-state index contributed by atoms with van der Waals surface area (Å²) in [7, 11) is 0. The molecule has 1 aliphatic carbocycles. The number of unbranched alkanes of at least 4 members (excludes halogenated alkanes) is 1. The maximum Gasteiger partial charge on any atom is 0.226 e. The van der Waals surface area contributed by atoms with Crippen molar-refractivity contribution in [3.8, 4) is 11.8 Å². The van der Waals surface area contributed by atoms with Gasteiger partial charge in [0.25, 0.3) is 0 Å². The van der Waals surface area contributed by atoms with Crippen molar-refractivity contribution >= 4 is 11.8 Å². The molecule has 0 radical (unpaired) electrons. The number of carbonyl (C=O) groups excluding carboxylic acids is 2. The highest BCUT2D eigenvalue weighted by Crippen LogP contribution is 2.44. The standard InChI is InChI=1S/C23H35NO4/c1-4-5-8-16(2)21(26)13-11-18-12-14-22-20(18)15-19(28-22)9-6-7-10-23(27)24-17(3)25/h11,13,16,18-22,26H,6-10,12,14-15H2,1-3H3,(H,24,25,27)/b13-11+/t16-,18?,19?,20?,21+,22?/m0/s1. The van der Waals surface area contributed by atoms with Crippen molar-refractivity contribution in [1.29, 1.82) is 0 Å². The van der Waals surface area contributed by atoms with Crippen LogP contribution in [0.2, 0.25) is 0 Å². The van der Waals surface area contributed by atoms with E-state index in [1.807, 2.05) is 19.9 Å². The number of allylic oxidation sites excluding steroid dienone is 1. The molecule has 1 heterocycles. The van der Waals surface area contributed by atoms with E-state index >= 15 is 0 Å². The molecule has 4 unspecified atom stereocenters. The number of rotatable bonds is 9.